The molecule has 1 atom stereocenters. The highest BCUT2D eigenvalue weighted by atomic mass is 16.6. The van der Waals surface area contributed by atoms with Crippen LogP contribution in [0.4, 0.5) is 5.69 Å². The van der Waals surface area contributed by atoms with Crippen LogP contribution in [-0.4, -0.2) is 28.8 Å². The van der Waals surface area contributed by atoms with Gasteiger partial charge in [-0.25, -0.2) is 0 Å². The number of hydrogen-bond donors (Lipinski definition) is 1. The second kappa shape index (κ2) is 10.2. The van der Waals surface area contributed by atoms with Crippen LogP contribution >= 0.6 is 0 Å². The standard InChI is InChI=1S/C21H30N2O5/c1-14-12-18(16(3)24)21(23(26)27)19(13-14)28-15(2)10-11-20(25)22-17-8-6-4-5-7-9-17/h12-13,15,17H,4-11H2,1-3H3,(H,22,25). The first-order chi connectivity index (χ1) is 13.3. The maximum absolute atomic E-state index is 12.2. The molecule has 0 saturated heterocycles. The fourth-order valence-corrected chi connectivity index (χ4v) is 3.63. The van der Waals surface area contributed by atoms with Crippen molar-refractivity contribution in [2.24, 2.45) is 0 Å². The highest BCUT2D eigenvalue weighted by molar-refractivity contribution is 5.99. The number of nitrogens with zero attached hydrogens (tertiary/aromatic N) is 1. The average molecular weight is 390 g/mol. The largest absolute Gasteiger partial charge is 0.484 e. The molecule has 7 heteroatoms. The zero-order valence-corrected chi connectivity index (χ0v) is 17.0. The van der Waals surface area contributed by atoms with Gasteiger partial charge in [-0.3, -0.25) is 19.7 Å². The van der Waals surface area contributed by atoms with Crippen molar-refractivity contribution in [1.29, 1.82) is 0 Å². The van der Waals surface area contributed by atoms with Crippen LogP contribution in [0.15, 0.2) is 12.1 Å². The smallest absolute Gasteiger partial charge is 0.321 e. The van der Waals surface area contributed by atoms with Crippen molar-refractivity contribution < 1.29 is 19.2 Å². The minimum Gasteiger partial charge on any atom is -0.484 e. The molecule has 0 spiro atoms. The number of carbonyl (C=O) groups is 2. The summed E-state index contributed by atoms with van der Waals surface area (Å²) in [7, 11) is 0. The summed E-state index contributed by atoms with van der Waals surface area (Å²) < 4.78 is 5.76. The zero-order valence-electron chi connectivity index (χ0n) is 17.0. The summed E-state index contributed by atoms with van der Waals surface area (Å²) in [5.74, 6) is -0.312. The van der Waals surface area contributed by atoms with Gasteiger partial charge in [-0.1, -0.05) is 25.7 Å². The molecule has 2 rings (SSSR count). The highest BCUT2D eigenvalue weighted by Crippen LogP contribution is 2.34. The number of ether oxygens (including phenoxy) is 1. The SMILES string of the molecule is CC(=O)c1cc(C)cc(OC(C)CCC(=O)NC2CCCCCC2)c1[N+](=O)[O-]. The Morgan fingerprint density at radius 1 is 1.25 bits per heavy atom. The zero-order chi connectivity index (χ0) is 20.7. The van der Waals surface area contributed by atoms with Crippen LogP contribution in [0.1, 0.15) is 81.1 Å². The molecule has 154 valence electrons. The van der Waals surface area contributed by atoms with E-state index in [9.17, 15) is 19.7 Å². The predicted molar refractivity (Wildman–Crippen MR) is 107 cm³/mol. The van der Waals surface area contributed by atoms with Crippen molar-refractivity contribution in [1.82, 2.24) is 5.32 Å². The Balaban J connectivity index is 1.97. The fourth-order valence-electron chi connectivity index (χ4n) is 3.63. The molecule has 1 aliphatic carbocycles. The molecule has 7 nitrogen and oxygen atoms in total. The Morgan fingerprint density at radius 2 is 1.89 bits per heavy atom. The maximum atomic E-state index is 12.2. The van der Waals surface area contributed by atoms with E-state index in [0.717, 1.165) is 25.7 Å². The lowest BCUT2D eigenvalue weighted by atomic mass is 10.0. The van der Waals surface area contributed by atoms with Gasteiger partial charge in [0.15, 0.2) is 11.5 Å². The van der Waals surface area contributed by atoms with Gasteiger partial charge >= 0.3 is 5.69 Å². The summed E-state index contributed by atoms with van der Waals surface area (Å²) in [6, 6.07) is 3.31. The molecule has 0 aromatic heterocycles. The molecule has 0 radical (unpaired) electrons. The molecule has 28 heavy (non-hydrogen) atoms. The minimum atomic E-state index is -0.586. The first kappa shape index (κ1) is 21.9. The van der Waals surface area contributed by atoms with Gasteiger partial charge in [0.1, 0.15) is 0 Å². The molecule has 1 unspecified atom stereocenters. The molecule has 1 saturated carbocycles. The number of carbonyl (C=O) groups excluding carboxylic acids is 2. The first-order valence-electron chi connectivity index (χ1n) is 10.0. The molecular weight excluding hydrogens is 360 g/mol. The van der Waals surface area contributed by atoms with Crippen LogP contribution in [-0.2, 0) is 4.79 Å². The van der Waals surface area contributed by atoms with Crippen LogP contribution in [0.2, 0.25) is 0 Å². The summed E-state index contributed by atoms with van der Waals surface area (Å²) in [5.41, 5.74) is 0.440. The van der Waals surface area contributed by atoms with Gasteiger partial charge in [-0.2, -0.15) is 0 Å². The first-order valence-corrected chi connectivity index (χ1v) is 10.0. The normalized spacial score (nSPS) is 16.1. The van der Waals surface area contributed by atoms with E-state index in [4.69, 9.17) is 4.74 Å². The average Bonchev–Trinajstić information content (AvgIpc) is 2.87. The molecule has 0 heterocycles. The summed E-state index contributed by atoms with van der Waals surface area (Å²) >= 11 is 0. The minimum absolute atomic E-state index is 0.00878. The van der Waals surface area contributed by atoms with Gasteiger partial charge in [-0.05, 0) is 57.7 Å². The lowest BCUT2D eigenvalue weighted by molar-refractivity contribution is -0.386. The van der Waals surface area contributed by atoms with Crippen LogP contribution in [0, 0.1) is 17.0 Å². The van der Waals surface area contributed by atoms with E-state index >= 15 is 0 Å². The quantitative estimate of drug-likeness (QED) is 0.305. The van der Waals surface area contributed by atoms with Gasteiger partial charge in [0.05, 0.1) is 16.6 Å². The summed E-state index contributed by atoms with van der Waals surface area (Å²) in [6.07, 6.45) is 7.18. The van der Waals surface area contributed by atoms with Crippen LogP contribution < -0.4 is 10.1 Å². The third-order valence-corrected chi connectivity index (χ3v) is 5.11. The number of benzene rings is 1. The second-order valence-electron chi connectivity index (χ2n) is 7.70. The molecule has 1 aromatic carbocycles. The Bertz CT molecular complexity index is 724. The molecule has 0 bridgehead atoms. The van der Waals surface area contributed by atoms with E-state index in [2.05, 4.69) is 5.32 Å². The number of nitro benzene ring substituents is 1. The second-order valence-corrected chi connectivity index (χ2v) is 7.70. The van der Waals surface area contributed by atoms with Crippen LogP contribution in [0.25, 0.3) is 0 Å². The van der Waals surface area contributed by atoms with Gasteiger partial charge < -0.3 is 10.1 Å². The van der Waals surface area contributed by atoms with E-state index in [-0.39, 0.29) is 40.8 Å². The van der Waals surface area contributed by atoms with E-state index < -0.39 is 4.92 Å². The topological polar surface area (TPSA) is 98.5 Å². The van der Waals surface area contributed by atoms with Gasteiger partial charge in [0, 0.05) is 12.5 Å². The van der Waals surface area contributed by atoms with Crippen LogP contribution in [0.3, 0.4) is 0 Å². The highest BCUT2D eigenvalue weighted by Gasteiger charge is 2.26. The predicted octanol–water partition coefficient (Wildman–Crippen LogP) is 4.49. The summed E-state index contributed by atoms with van der Waals surface area (Å²) in [5, 5.41) is 14.6. The number of ketones is 1. The number of Topliss-reactive ketones (excluding diaryl/α,β-unsaturated/α-hetero) is 1. The van der Waals surface area contributed by atoms with Crippen molar-refractivity contribution in [3.05, 3.63) is 33.4 Å². The van der Waals surface area contributed by atoms with Crippen molar-refractivity contribution in [2.75, 3.05) is 0 Å². The molecular formula is C21H30N2O5. The molecule has 1 aliphatic rings. The lowest BCUT2D eigenvalue weighted by Crippen LogP contribution is -2.34. The molecule has 1 amide bonds. The van der Waals surface area contributed by atoms with Crippen LogP contribution in [0.5, 0.6) is 5.75 Å². The Morgan fingerprint density at radius 3 is 2.46 bits per heavy atom. The lowest BCUT2D eigenvalue weighted by Gasteiger charge is -2.18. The Kier molecular flexibility index (Phi) is 7.96. The number of hydrogen-bond acceptors (Lipinski definition) is 5. The summed E-state index contributed by atoms with van der Waals surface area (Å²) in [4.78, 5) is 34.9. The number of nitrogens with one attached hydrogen (secondary N) is 1. The molecule has 0 aliphatic heterocycles. The number of aryl methyl sites for hydroxylation is 1. The molecule has 1 N–H and O–H groups in total. The van der Waals surface area contributed by atoms with Crippen molar-refractivity contribution in [3.63, 3.8) is 0 Å². The molecule has 1 fully saturated rings. The van der Waals surface area contributed by atoms with Gasteiger partial charge in [-0.15, -0.1) is 0 Å². The van der Waals surface area contributed by atoms with Crippen molar-refractivity contribution in [2.45, 2.75) is 84.3 Å². The fraction of sp³-hybridized carbons (Fsp3) is 0.619. The third-order valence-electron chi connectivity index (χ3n) is 5.11. The number of rotatable bonds is 8. The van der Waals surface area contributed by atoms with Gasteiger partial charge in [0.25, 0.3) is 0 Å². The third kappa shape index (κ3) is 6.32. The number of nitro groups is 1. The van der Waals surface area contributed by atoms with Gasteiger partial charge in [0.2, 0.25) is 5.91 Å². The van der Waals surface area contributed by atoms with Crippen molar-refractivity contribution >= 4 is 17.4 Å². The van der Waals surface area contributed by atoms with E-state index in [1.165, 1.54) is 25.8 Å². The monoisotopic (exact) mass is 390 g/mol. The van der Waals surface area contributed by atoms with E-state index in [1.54, 1.807) is 19.9 Å². The van der Waals surface area contributed by atoms with E-state index in [0.29, 0.717) is 18.4 Å². The molecule has 1 aromatic rings. The van der Waals surface area contributed by atoms with E-state index in [1.807, 2.05) is 0 Å². The maximum Gasteiger partial charge on any atom is 0.321 e. The number of amides is 1. The Labute approximate surface area is 166 Å². The Hall–Kier alpha value is -2.44. The van der Waals surface area contributed by atoms with Crippen molar-refractivity contribution in [3.8, 4) is 5.75 Å². The summed E-state index contributed by atoms with van der Waals surface area (Å²) in [6.45, 7) is 4.83.